The van der Waals surface area contributed by atoms with E-state index in [1.807, 2.05) is 0 Å². The Balaban J connectivity index is 2.56. The Morgan fingerprint density at radius 2 is 1.90 bits per heavy atom. The number of alkyl halides is 3. The predicted molar refractivity (Wildman–Crippen MR) is 61.1 cm³/mol. The van der Waals surface area contributed by atoms with E-state index in [0.717, 1.165) is 24.5 Å². The third-order valence-corrected chi connectivity index (χ3v) is 2.79. The van der Waals surface area contributed by atoms with Crippen molar-refractivity contribution in [3.63, 3.8) is 0 Å². The second-order valence-electron chi connectivity index (χ2n) is 4.14. The molecule has 8 heteroatoms. The van der Waals surface area contributed by atoms with E-state index in [1.165, 1.54) is 0 Å². The number of aliphatic hydroxyl groups is 1. The Hall–Kier alpha value is -2.35. The smallest absolute Gasteiger partial charge is 0.416 e. The molecule has 1 aromatic carbocycles. The highest BCUT2D eigenvalue weighted by atomic mass is 19.4. The first-order valence-electron chi connectivity index (χ1n) is 5.57. The lowest BCUT2D eigenvalue weighted by atomic mass is 9.98. The zero-order valence-corrected chi connectivity index (χ0v) is 10.2. The lowest BCUT2D eigenvalue weighted by molar-refractivity contribution is -0.139. The Bertz CT molecular complexity index is 675. The van der Waals surface area contributed by atoms with Gasteiger partial charge in [-0.1, -0.05) is 6.07 Å². The van der Waals surface area contributed by atoms with Crippen molar-refractivity contribution in [3.8, 4) is 0 Å². The normalized spacial score (nSPS) is 13.2. The van der Waals surface area contributed by atoms with E-state index in [1.54, 1.807) is 0 Å². The summed E-state index contributed by atoms with van der Waals surface area (Å²) in [6.07, 6.45) is -5.96. The van der Waals surface area contributed by atoms with Crippen molar-refractivity contribution in [2.45, 2.75) is 12.3 Å². The minimum atomic E-state index is -4.91. The predicted octanol–water partition coefficient (Wildman–Crippen LogP) is 3.22. The van der Waals surface area contributed by atoms with Crippen molar-refractivity contribution in [2.75, 3.05) is 0 Å². The lowest BCUT2D eigenvalue weighted by Crippen LogP contribution is -2.14. The molecule has 21 heavy (non-hydrogen) atoms. The van der Waals surface area contributed by atoms with Gasteiger partial charge in [-0.3, -0.25) is 0 Å². The highest BCUT2D eigenvalue weighted by molar-refractivity contribution is 5.88. The van der Waals surface area contributed by atoms with Crippen molar-refractivity contribution in [2.24, 2.45) is 0 Å². The maximum Gasteiger partial charge on any atom is 0.416 e. The number of rotatable bonds is 3. The molecule has 0 fully saturated rings. The zero-order chi connectivity index (χ0) is 15.8. The first kappa shape index (κ1) is 15.0. The monoisotopic (exact) mass is 304 g/mol. The minimum absolute atomic E-state index is 0.224. The van der Waals surface area contributed by atoms with Crippen molar-refractivity contribution in [1.82, 2.24) is 0 Å². The summed E-state index contributed by atoms with van der Waals surface area (Å²) in [4.78, 5) is 10.9. The van der Waals surface area contributed by atoms with Crippen LogP contribution in [0.25, 0.3) is 0 Å². The summed E-state index contributed by atoms with van der Waals surface area (Å²) in [6, 6.07) is 2.69. The molecule has 0 spiro atoms. The molecule has 0 radical (unpaired) electrons. The van der Waals surface area contributed by atoms with Crippen LogP contribution < -0.4 is 0 Å². The summed E-state index contributed by atoms with van der Waals surface area (Å²) in [6.45, 7) is 0. The van der Waals surface area contributed by atoms with Crippen LogP contribution in [0.4, 0.5) is 17.6 Å². The fourth-order valence-electron chi connectivity index (χ4n) is 1.86. The number of carboxylic acids is 1. The van der Waals surface area contributed by atoms with E-state index in [9.17, 15) is 27.5 Å². The second-order valence-corrected chi connectivity index (χ2v) is 4.14. The SMILES string of the molecule is O=C(O)c1ccoc1C(O)c1ccc(F)cc1C(F)(F)F. The fraction of sp³-hybridized carbons (Fsp3) is 0.154. The molecule has 0 saturated heterocycles. The number of carbonyl (C=O) groups is 1. The number of furan rings is 1. The highest BCUT2D eigenvalue weighted by Crippen LogP contribution is 2.37. The highest BCUT2D eigenvalue weighted by Gasteiger charge is 2.37. The number of aromatic carboxylic acids is 1. The fourth-order valence-corrected chi connectivity index (χ4v) is 1.86. The van der Waals surface area contributed by atoms with Crippen molar-refractivity contribution >= 4 is 5.97 Å². The van der Waals surface area contributed by atoms with E-state index >= 15 is 0 Å². The third-order valence-electron chi connectivity index (χ3n) is 2.79. The molecule has 4 nitrogen and oxygen atoms in total. The number of benzene rings is 1. The van der Waals surface area contributed by atoms with Crippen molar-refractivity contribution < 1.29 is 37.0 Å². The van der Waals surface area contributed by atoms with E-state index in [0.29, 0.717) is 0 Å². The van der Waals surface area contributed by atoms with Crippen LogP contribution in [0.15, 0.2) is 34.9 Å². The van der Waals surface area contributed by atoms with Gasteiger partial charge in [0.25, 0.3) is 0 Å². The average Bonchev–Trinajstić information content (AvgIpc) is 2.86. The van der Waals surface area contributed by atoms with Crippen LogP contribution in [0.5, 0.6) is 0 Å². The quantitative estimate of drug-likeness (QED) is 0.854. The number of aliphatic hydroxyl groups excluding tert-OH is 1. The molecule has 2 aromatic rings. The molecule has 0 bridgehead atoms. The summed E-state index contributed by atoms with van der Waals surface area (Å²) in [5.41, 5.74) is -2.57. The molecule has 112 valence electrons. The maximum atomic E-state index is 13.0. The molecule has 1 atom stereocenters. The second kappa shape index (κ2) is 5.21. The molecule has 2 rings (SSSR count). The topological polar surface area (TPSA) is 70.7 Å². The van der Waals surface area contributed by atoms with Gasteiger partial charge in [-0.2, -0.15) is 13.2 Å². The van der Waals surface area contributed by atoms with Crippen LogP contribution in [-0.2, 0) is 6.18 Å². The number of carboxylic acid groups (broad SMARTS) is 1. The summed E-state index contributed by atoms with van der Waals surface area (Å²) in [7, 11) is 0. The summed E-state index contributed by atoms with van der Waals surface area (Å²) < 4.78 is 56.3. The van der Waals surface area contributed by atoms with Crippen LogP contribution in [-0.4, -0.2) is 16.2 Å². The molecule has 0 aliphatic heterocycles. The zero-order valence-electron chi connectivity index (χ0n) is 10.2. The molecule has 1 aromatic heterocycles. The molecule has 0 saturated carbocycles. The van der Waals surface area contributed by atoms with Gasteiger partial charge >= 0.3 is 12.1 Å². The van der Waals surface area contributed by atoms with Crippen LogP contribution in [0, 0.1) is 5.82 Å². The third kappa shape index (κ3) is 2.89. The van der Waals surface area contributed by atoms with E-state index in [-0.39, 0.29) is 6.07 Å². The molecule has 2 N–H and O–H groups in total. The number of hydrogen-bond acceptors (Lipinski definition) is 3. The van der Waals surface area contributed by atoms with Crippen molar-refractivity contribution in [1.29, 1.82) is 0 Å². The standard InChI is InChI=1S/C13H8F4O4/c14-6-1-2-7(9(5-6)13(15,16)17)10(18)11-8(12(19)20)3-4-21-11/h1-5,10,18H,(H,19,20). The molecule has 1 heterocycles. The first-order valence-corrected chi connectivity index (χ1v) is 5.57. The molecule has 0 amide bonds. The van der Waals surface area contributed by atoms with E-state index in [4.69, 9.17) is 9.52 Å². The van der Waals surface area contributed by atoms with Gasteiger partial charge in [0, 0.05) is 5.56 Å². The van der Waals surface area contributed by atoms with Gasteiger partial charge in [-0.25, -0.2) is 9.18 Å². The van der Waals surface area contributed by atoms with Gasteiger partial charge in [-0.15, -0.1) is 0 Å². The molecule has 0 aliphatic carbocycles. The Labute approximate surface area is 115 Å². The van der Waals surface area contributed by atoms with Crippen LogP contribution in [0.3, 0.4) is 0 Å². The van der Waals surface area contributed by atoms with Crippen molar-refractivity contribution in [3.05, 3.63) is 58.8 Å². The van der Waals surface area contributed by atoms with Gasteiger partial charge in [0.1, 0.15) is 17.5 Å². The first-order chi connectivity index (χ1) is 9.71. The average molecular weight is 304 g/mol. The van der Waals surface area contributed by atoms with E-state index < -0.39 is 46.5 Å². The van der Waals surface area contributed by atoms with Gasteiger partial charge in [0.05, 0.1) is 11.8 Å². The van der Waals surface area contributed by atoms with Gasteiger partial charge in [0.2, 0.25) is 0 Å². The largest absolute Gasteiger partial charge is 0.478 e. The molecular weight excluding hydrogens is 296 g/mol. The van der Waals surface area contributed by atoms with Gasteiger partial charge in [0.15, 0.2) is 5.76 Å². The Morgan fingerprint density at radius 1 is 1.24 bits per heavy atom. The Kier molecular flexibility index (Phi) is 3.73. The summed E-state index contributed by atoms with van der Waals surface area (Å²) >= 11 is 0. The number of halogens is 4. The molecule has 0 aliphatic rings. The lowest BCUT2D eigenvalue weighted by Gasteiger charge is -2.16. The molecule has 1 unspecified atom stereocenters. The van der Waals surface area contributed by atoms with Crippen LogP contribution >= 0.6 is 0 Å². The minimum Gasteiger partial charge on any atom is -0.478 e. The van der Waals surface area contributed by atoms with Gasteiger partial charge < -0.3 is 14.6 Å². The van der Waals surface area contributed by atoms with Crippen LogP contribution in [0.1, 0.15) is 33.3 Å². The van der Waals surface area contributed by atoms with Gasteiger partial charge in [-0.05, 0) is 18.2 Å². The summed E-state index contributed by atoms with van der Waals surface area (Å²) in [5.74, 6) is -3.15. The number of hydrogen-bond donors (Lipinski definition) is 2. The Morgan fingerprint density at radius 3 is 2.48 bits per heavy atom. The van der Waals surface area contributed by atoms with E-state index in [2.05, 4.69) is 0 Å². The van der Waals surface area contributed by atoms with Crippen LogP contribution in [0.2, 0.25) is 0 Å². The summed E-state index contributed by atoms with van der Waals surface area (Å²) in [5, 5.41) is 18.8. The molecular formula is C13H8F4O4. The maximum absolute atomic E-state index is 13.0.